The normalized spacial score (nSPS) is 14.7. The molecule has 0 saturated carbocycles. The van der Waals surface area contributed by atoms with Crippen LogP contribution in [-0.4, -0.2) is 29.9 Å². The van der Waals surface area contributed by atoms with Gasteiger partial charge in [0.1, 0.15) is 0 Å². The van der Waals surface area contributed by atoms with Crippen LogP contribution >= 0.6 is 0 Å². The first kappa shape index (κ1) is 16.7. The van der Waals surface area contributed by atoms with Gasteiger partial charge in [-0.15, -0.1) is 0 Å². The Morgan fingerprint density at radius 2 is 1.90 bits per heavy atom. The quantitative estimate of drug-likeness (QED) is 0.780. The Hall–Kier alpha value is -1.39. The van der Waals surface area contributed by atoms with Crippen LogP contribution in [0.15, 0.2) is 30.3 Å². The fourth-order valence-electron chi connectivity index (χ4n) is 1.92. The summed E-state index contributed by atoms with van der Waals surface area (Å²) in [5.41, 5.74) is 0.0343. The van der Waals surface area contributed by atoms with Crippen LogP contribution < -0.4 is 0 Å². The lowest BCUT2D eigenvalue weighted by Crippen LogP contribution is -2.45. The number of aliphatic hydroxyl groups is 1. The molecule has 2 atom stereocenters. The molecule has 0 unspecified atom stereocenters. The minimum atomic E-state index is -0.994. The topological polar surface area (TPSA) is 55.8 Å². The molecule has 0 radical (unpaired) electrons. The van der Waals surface area contributed by atoms with E-state index in [1.807, 2.05) is 30.3 Å². The van der Waals surface area contributed by atoms with Crippen molar-refractivity contribution >= 4 is 5.97 Å². The molecule has 20 heavy (non-hydrogen) atoms. The van der Waals surface area contributed by atoms with E-state index in [4.69, 9.17) is 9.47 Å². The van der Waals surface area contributed by atoms with Crippen LogP contribution in [0.4, 0.5) is 0 Å². The van der Waals surface area contributed by atoms with E-state index < -0.39 is 23.6 Å². The molecule has 112 valence electrons. The molecule has 0 aliphatic carbocycles. The summed E-state index contributed by atoms with van der Waals surface area (Å²) in [6.07, 6.45) is -1.39. The highest BCUT2D eigenvalue weighted by atomic mass is 16.5. The van der Waals surface area contributed by atoms with Crippen LogP contribution in [0.1, 0.15) is 33.3 Å². The van der Waals surface area contributed by atoms with E-state index in [1.165, 1.54) is 0 Å². The molecule has 1 N–H and O–H groups in total. The fraction of sp³-hybridized carbons (Fsp3) is 0.562. The number of benzene rings is 1. The second-order valence-corrected chi connectivity index (χ2v) is 5.39. The molecule has 0 aliphatic rings. The summed E-state index contributed by atoms with van der Waals surface area (Å²) in [7, 11) is 0. The highest BCUT2D eigenvalue weighted by Crippen LogP contribution is 2.26. The first-order valence-electron chi connectivity index (χ1n) is 6.90. The van der Waals surface area contributed by atoms with Crippen molar-refractivity contribution in [2.24, 2.45) is 5.41 Å². The average Bonchev–Trinajstić information content (AvgIpc) is 2.45. The lowest BCUT2D eigenvalue weighted by Gasteiger charge is -2.32. The zero-order valence-electron chi connectivity index (χ0n) is 12.6. The number of esters is 1. The molecule has 1 aromatic rings. The van der Waals surface area contributed by atoms with Gasteiger partial charge in [0.2, 0.25) is 0 Å². The van der Waals surface area contributed by atoms with Gasteiger partial charge in [0, 0.05) is 0 Å². The summed E-state index contributed by atoms with van der Waals surface area (Å²) >= 11 is 0. The third-order valence-corrected chi connectivity index (χ3v) is 3.34. The van der Waals surface area contributed by atoms with Crippen LogP contribution in [0.2, 0.25) is 0 Å². The average molecular weight is 280 g/mol. The Kier molecular flexibility index (Phi) is 6.17. The van der Waals surface area contributed by atoms with Crippen molar-refractivity contribution in [2.75, 3.05) is 6.61 Å². The van der Waals surface area contributed by atoms with Gasteiger partial charge in [0.05, 0.1) is 30.8 Å². The Morgan fingerprint density at radius 1 is 1.30 bits per heavy atom. The van der Waals surface area contributed by atoms with Gasteiger partial charge in [0.15, 0.2) is 0 Å². The number of ether oxygens (including phenoxy) is 2. The number of carbonyl (C=O) groups excluding carboxylic acids is 1. The number of carbonyl (C=O) groups is 1. The minimum Gasteiger partial charge on any atom is -0.466 e. The van der Waals surface area contributed by atoms with Gasteiger partial charge in [-0.1, -0.05) is 30.3 Å². The summed E-state index contributed by atoms with van der Waals surface area (Å²) in [5, 5.41) is 10.3. The second-order valence-electron chi connectivity index (χ2n) is 5.39. The van der Waals surface area contributed by atoms with Gasteiger partial charge >= 0.3 is 5.97 Å². The number of aliphatic hydroxyl groups excluding tert-OH is 1. The largest absolute Gasteiger partial charge is 0.466 e. The molecule has 0 heterocycles. The van der Waals surface area contributed by atoms with Gasteiger partial charge in [0.25, 0.3) is 0 Å². The summed E-state index contributed by atoms with van der Waals surface area (Å²) < 4.78 is 10.6. The highest BCUT2D eigenvalue weighted by Gasteiger charge is 2.40. The van der Waals surface area contributed by atoms with Crippen LogP contribution in [-0.2, 0) is 20.9 Å². The van der Waals surface area contributed by atoms with Crippen LogP contribution in [0.3, 0.4) is 0 Å². The van der Waals surface area contributed by atoms with Gasteiger partial charge in [-0.05, 0) is 33.3 Å². The first-order valence-corrected chi connectivity index (χ1v) is 6.90. The standard InChI is InChI=1S/C16H24O4/c1-5-19-15(18)16(3,4)14(17)12(2)20-11-13-9-7-6-8-10-13/h6-10,12,14,17H,5,11H2,1-4H3/t12-,14-/m0/s1. The molecule has 0 spiro atoms. The third-order valence-electron chi connectivity index (χ3n) is 3.34. The smallest absolute Gasteiger partial charge is 0.314 e. The van der Waals surface area contributed by atoms with Crippen LogP contribution in [0.25, 0.3) is 0 Å². The van der Waals surface area contributed by atoms with Crippen molar-refractivity contribution in [1.29, 1.82) is 0 Å². The molecular weight excluding hydrogens is 256 g/mol. The number of hydrogen-bond acceptors (Lipinski definition) is 4. The third kappa shape index (κ3) is 4.32. The molecule has 0 amide bonds. The molecule has 0 saturated heterocycles. The first-order chi connectivity index (χ1) is 9.39. The number of rotatable bonds is 7. The maximum Gasteiger partial charge on any atom is 0.314 e. The molecule has 0 aromatic heterocycles. The molecule has 1 aromatic carbocycles. The zero-order valence-corrected chi connectivity index (χ0v) is 12.6. The Labute approximate surface area is 120 Å². The Morgan fingerprint density at radius 3 is 2.45 bits per heavy atom. The minimum absolute atomic E-state index is 0.300. The molecule has 1 rings (SSSR count). The molecule has 4 nitrogen and oxygen atoms in total. The van der Waals surface area contributed by atoms with Gasteiger partial charge in [-0.25, -0.2) is 0 Å². The Bertz CT molecular complexity index is 414. The van der Waals surface area contributed by atoms with Crippen molar-refractivity contribution in [3.8, 4) is 0 Å². The second kappa shape index (κ2) is 7.41. The van der Waals surface area contributed by atoms with Crippen molar-refractivity contribution in [3.63, 3.8) is 0 Å². The van der Waals surface area contributed by atoms with E-state index in [2.05, 4.69) is 0 Å². The van der Waals surface area contributed by atoms with Crippen molar-refractivity contribution in [2.45, 2.75) is 46.5 Å². The van der Waals surface area contributed by atoms with E-state index in [0.29, 0.717) is 13.2 Å². The molecule has 4 heteroatoms. The van der Waals surface area contributed by atoms with E-state index in [9.17, 15) is 9.90 Å². The van der Waals surface area contributed by atoms with Crippen LogP contribution in [0.5, 0.6) is 0 Å². The number of hydrogen-bond donors (Lipinski definition) is 1. The molecule has 0 aliphatic heterocycles. The summed E-state index contributed by atoms with van der Waals surface area (Å²) in [4.78, 5) is 11.8. The van der Waals surface area contributed by atoms with Gasteiger partial charge in [-0.2, -0.15) is 0 Å². The predicted molar refractivity (Wildman–Crippen MR) is 77.1 cm³/mol. The lowest BCUT2D eigenvalue weighted by atomic mass is 9.84. The SMILES string of the molecule is CCOC(=O)C(C)(C)[C@@H](O)[C@H](C)OCc1ccccc1. The van der Waals surface area contributed by atoms with Crippen molar-refractivity contribution in [1.82, 2.24) is 0 Å². The summed E-state index contributed by atoms with van der Waals surface area (Å²) in [6.45, 7) is 7.53. The molecule has 0 bridgehead atoms. The van der Waals surface area contributed by atoms with Gasteiger partial charge < -0.3 is 14.6 Å². The van der Waals surface area contributed by atoms with Crippen molar-refractivity contribution < 1.29 is 19.4 Å². The van der Waals surface area contributed by atoms with E-state index in [1.54, 1.807) is 27.7 Å². The van der Waals surface area contributed by atoms with E-state index >= 15 is 0 Å². The van der Waals surface area contributed by atoms with Crippen LogP contribution in [0, 0.1) is 5.41 Å². The van der Waals surface area contributed by atoms with Crippen molar-refractivity contribution in [3.05, 3.63) is 35.9 Å². The predicted octanol–water partition coefficient (Wildman–Crippen LogP) is 2.54. The zero-order chi connectivity index (χ0) is 15.2. The van der Waals surface area contributed by atoms with E-state index in [-0.39, 0.29) is 0 Å². The Balaban J connectivity index is 2.57. The lowest BCUT2D eigenvalue weighted by molar-refractivity contribution is -0.167. The summed E-state index contributed by atoms with van der Waals surface area (Å²) in [6, 6.07) is 9.71. The molecular formula is C16H24O4. The monoisotopic (exact) mass is 280 g/mol. The fourth-order valence-corrected chi connectivity index (χ4v) is 1.92. The van der Waals surface area contributed by atoms with E-state index in [0.717, 1.165) is 5.56 Å². The van der Waals surface area contributed by atoms with Gasteiger partial charge in [-0.3, -0.25) is 4.79 Å². The maximum absolute atomic E-state index is 11.8. The molecule has 0 fully saturated rings. The maximum atomic E-state index is 11.8. The summed E-state index contributed by atoms with van der Waals surface area (Å²) in [5.74, 6) is -0.414. The highest BCUT2D eigenvalue weighted by molar-refractivity contribution is 5.76.